The minimum Gasteiger partial charge on any atom is -0.393 e. The van der Waals surface area contributed by atoms with Gasteiger partial charge in [0.25, 0.3) is 0 Å². The van der Waals surface area contributed by atoms with Gasteiger partial charge >= 0.3 is 5.91 Å². The number of unbranched alkanes of at least 4 members (excludes halogenated alkanes) is 12. The molecule has 2 unspecified atom stereocenters. The van der Waals surface area contributed by atoms with Gasteiger partial charge in [-0.25, -0.2) is 4.79 Å². The summed E-state index contributed by atoms with van der Waals surface area (Å²) in [4.78, 5) is 11.5. The lowest BCUT2D eigenvalue weighted by atomic mass is 10.1. The fourth-order valence-corrected chi connectivity index (χ4v) is 4.91. The number of hydrogen-bond donors (Lipinski definition) is 4. The summed E-state index contributed by atoms with van der Waals surface area (Å²) < 4.78 is 0. The first kappa shape index (κ1) is 41.2. The molecule has 5 nitrogen and oxygen atoms in total. The smallest absolute Gasteiger partial charge is 0.310 e. The first-order valence-corrected chi connectivity index (χ1v) is 17.6. The van der Waals surface area contributed by atoms with Gasteiger partial charge in [0, 0.05) is 0 Å². The molecule has 0 aliphatic carbocycles. The van der Waals surface area contributed by atoms with E-state index in [1.807, 2.05) is 18.2 Å². The van der Waals surface area contributed by atoms with Crippen molar-refractivity contribution in [1.29, 1.82) is 0 Å². The number of carbonyl (C=O) groups is 1. The molecular formula is C38H68NO4+. The second-order valence-electron chi connectivity index (χ2n) is 11.9. The maximum Gasteiger partial charge on any atom is 0.310 e. The van der Waals surface area contributed by atoms with Crippen LogP contribution in [0.15, 0.2) is 61.3 Å². The second-order valence-corrected chi connectivity index (χ2v) is 11.9. The summed E-state index contributed by atoms with van der Waals surface area (Å²) in [6.45, 7) is 4.19. The molecule has 2 atom stereocenters. The molecule has 0 saturated carbocycles. The Labute approximate surface area is 265 Å². The van der Waals surface area contributed by atoms with Gasteiger partial charge in [0.05, 0.1) is 25.2 Å². The summed E-state index contributed by atoms with van der Waals surface area (Å²) >= 11 is 0. The molecule has 0 aliphatic rings. The van der Waals surface area contributed by atoms with Crippen LogP contribution in [-0.4, -0.2) is 46.6 Å². The van der Waals surface area contributed by atoms with Crippen LogP contribution in [-0.2, 0) is 4.79 Å². The number of allylic oxidation sites excluding steroid dienone is 8. The van der Waals surface area contributed by atoms with Crippen molar-refractivity contribution >= 4 is 5.91 Å². The van der Waals surface area contributed by atoms with E-state index in [1.165, 1.54) is 63.1 Å². The van der Waals surface area contributed by atoms with Crippen molar-refractivity contribution in [2.24, 2.45) is 0 Å². The van der Waals surface area contributed by atoms with Gasteiger partial charge in [0.1, 0.15) is 6.54 Å². The van der Waals surface area contributed by atoms with Crippen LogP contribution < -0.4 is 5.32 Å². The monoisotopic (exact) mass is 603 g/mol. The van der Waals surface area contributed by atoms with Crippen LogP contribution in [0.2, 0.25) is 0 Å². The lowest BCUT2D eigenvalue weighted by molar-refractivity contribution is -0.570. The maximum absolute atomic E-state index is 11.5. The summed E-state index contributed by atoms with van der Waals surface area (Å²) in [6, 6.07) is 0. The van der Waals surface area contributed by atoms with Gasteiger partial charge < -0.3 is 15.3 Å². The minimum absolute atomic E-state index is 0.00267. The molecular weight excluding hydrogens is 534 g/mol. The standard InChI is InChI=1S/C38H67NO4/c1-2-3-4-5-6-7-8-9-10-11-12-13-14-15-16-17-18-19-20-21-22-23-25-29-36(41)30-26-24-27-31-37(42)32-28-33-38(43)39-34-35-40/h2,10-11,14-15,20-21,24,26,36-37,40-42H,1,3-9,12-13,16-19,22-23,25,27-35H2,(H,39,43)/p+1/b11-10+,15-14+,21-20+,26-24+. The third kappa shape index (κ3) is 34.6. The maximum atomic E-state index is 11.5. The molecule has 5 heteroatoms. The fourth-order valence-electron chi connectivity index (χ4n) is 4.91. The van der Waals surface area contributed by atoms with Gasteiger partial charge in [-0.2, -0.15) is 0 Å². The molecule has 0 aromatic heterocycles. The van der Waals surface area contributed by atoms with E-state index < -0.39 is 6.10 Å². The number of aliphatic hydroxyl groups is 3. The highest BCUT2D eigenvalue weighted by Gasteiger charge is 2.08. The molecule has 0 saturated heterocycles. The Morgan fingerprint density at radius 2 is 1.05 bits per heavy atom. The Balaban J connectivity index is 3.47. The Hall–Kier alpha value is -1.79. The van der Waals surface area contributed by atoms with Crippen molar-refractivity contribution in [3.8, 4) is 0 Å². The third-order valence-electron chi connectivity index (χ3n) is 7.63. The summed E-state index contributed by atoms with van der Waals surface area (Å²) in [5, 5.41) is 30.5. The predicted octanol–water partition coefficient (Wildman–Crippen LogP) is 8.17. The number of aliphatic hydroxyl groups excluding tert-OH is 3. The Kier molecular flexibility index (Phi) is 33.3. The van der Waals surface area contributed by atoms with Crippen LogP contribution in [0.3, 0.4) is 0 Å². The molecule has 0 aliphatic heterocycles. The zero-order valence-corrected chi connectivity index (χ0v) is 27.6. The molecule has 248 valence electrons. The zero-order chi connectivity index (χ0) is 31.5. The first-order valence-electron chi connectivity index (χ1n) is 17.6. The van der Waals surface area contributed by atoms with Crippen molar-refractivity contribution in [3.63, 3.8) is 0 Å². The summed E-state index contributed by atoms with van der Waals surface area (Å²) in [5.74, 6) is 0.0435. The van der Waals surface area contributed by atoms with Crippen molar-refractivity contribution in [3.05, 3.63) is 61.3 Å². The van der Waals surface area contributed by atoms with E-state index in [2.05, 4.69) is 43.0 Å². The van der Waals surface area contributed by atoms with Crippen molar-refractivity contribution < 1.29 is 25.4 Å². The van der Waals surface area contributed by atoms with E-state index in [4.69, 9.17) is 5.11 Å². The lowest BCUT2D eigenvalue weighted by Gasteiger charge is -2.08. The predicted molar refractivity (Wildman–Crippen MR) is 184 cm³/mol. The highest BCUT2D eigenvalue weighted by molar-refractivity contribution is 5.65. The highest BCUT2D eigenvalue weighted by Crippen LogP contribution is 2.11. The molecule has 1 amide bonds. The van der Waals surface area contributed by atoms with Crippen molar-refractivity contribution in [2.45, 2.75) is 160 Å². The van der Waals surface area contributed by atoms with Gasteiger partial charge in [-0.1, -0.05) is 80.4 Å². The van der Waals surface area contributed by atoms with E-state index in [0.717, 1.165) is 57.8 Å². The van der Waals surface area contributed by atoms with Crippen LogP contribution in [0.5, 0.6) is 0 Å². The fraction of sp³-hybridized carbons (Fsp3) is 0.711. The van der Waals surface area contributed by atoms with E-state index in [-0.39, 0.29) is 18.6 Å². The van der Waals surface area contributed by atoms with Gasteiger partial charge in [0.15, 0.2) is 0 Å². The minimum atomic E-state index is -0.393. The molecule has 0 bridgehead atoms. The lowest BCUT2D eigenvalue weighted by Crippen LogP contribution is -2.88. The van der Waals surface area contributed by atoms with Gasteiger partial charge in [0.2, 0.25) is 0 Å². The molecule has 0 heterocycles. The summed E-state index contributed by atoms with van der Waals surface area (Å²) in [5.41, 5.74) is 0. The Morgan fingerprint density at radius 3 is 1.65 bits per heavy atom. The average molecular weight is 603 g/mol. The first-order chi connectivity index (χ1) is 21.1. The van der Waals surface area contributed by atoms with Crippen LogP contribution >= 0.6 is 0 Å². The quantitative estimate of drug-likeness (QED) is 0.0461. The topological polar surface area (TPSA) is 94.4 Å². The van der Waals surface area contributed by atoms with Gasteiger partial charge in [-0.05, 0) is 116 Å². The average Bonchev–Trinajstić information content (AvgIpc) is 3.00. The number of hydrogen-bond acceptors (Lipinski definition) is 4. The number of rotatable bonds is 32. The Morgan fingerprint density at radius 1 is 0.558 bits per heavy atom. The SMILES string of the molecule is C=CCCCCCCC/C=C/CC/C=C/CCCC/C=C/CCCCC(O)C/C=C/CCC(O)CCCC(=O)[NH2+]CCO. The molecule has 0 spiro atoms. The van der Waals surface area contributed by atoms with Crippen LogP contribution in [0.1, 0.15) is 148 Å². The normalized spacial score (nSPS) is 13.7. The van der Waals surface area contributed by atoms with Crippen molar-refractivity contribution in [2.75, 3.05) is 13.2 Å². The Bertz CT molecular complexity index is 727. The number of nitrogens with two attached hydrogens (primary N) is 1. The largest absolute Gasteiger partial charge is 0.393 e. The second kappa shape index (κ2) is 34.7. The molecule has 0 radical (unpaired) electrons. The number of primary amides is 1. The number of carbonyl (C=O) groups excluding carboxylic acids is 1. The van der Waals surface area contributed by atoms with E-state index in [0.29, 0.717) is 38.6 Å². The summed E-state index contributed by atoms with van der Waals surface area (Å²) in [6.07, 6.45) is 43.6. The van der Waals surface area contributed by atoms with Crippen LogP contribution in [0.25, 0.3) is 0 Å². The zero-order valence-electron chi connectivity index (χ0n) is 27.6. The molecule has 43 heavy (non-hydrogen) atoms. The third-order valence-corrected chi connectivity index (χ3v) is 7.63. The molecule has 0 fully saturated rings. The van der Waals surface area contributed by atoms with Crippen LogP contribution in [0, 0.1) is 0 Å². The van der Waals surface area contributed by atoms with Gasteiger partial charge in [-0.15, -0.1) is 6.58 Å². The number of quaternary nitrogens is 1. The molecule has 0 aromatic rings. The molecule has 0 rings (SSSR count). The van der Waals surface area contributed by atoms with Crippen molar-refractivity contribution in [1.82, 2.24) is 0 Å². The van der Waals surface area contributed by atoms with E-state index in [9.17, 15) is 15.0 Å². The van der Waals surface area contributed by atoms with Crippen LogP contribution in [0.4, 0.5) is 0 Å². The highest BCUT2D eigenvalue weighted by atomic mass is 16.3. The summed E-state index contributed by atoms with van der Waals surface area (Å²) in [7, 11) is 0. The molecule has 5 N–H and O–H groups in total. The number of amides is 1. The van der Waals surface area contributed by atoms with Gasteiger partial charge in [-0.3, -0.25) is 5.32 Å². The molecule has 0 aromatic carbocycles. The van der Waals surface area contributed by atoms with E-state index >= 15 is 0 Å². The van der Waals surface area contributed by atoms with E-state index in [1.54, 1.807) is 0 Å².